The molecule has 3 heterocycles. The Kier molecular flexibility index (Phi) is 5.01. The molecule has 0 saturated carbocycles. The van der Waals surface area contributed by atoms with E-state index in [9.17, 15) is 0 Å². The van der Waals surface area contributed by atoms with Crippen molar-refractivity contribution in [2.75, 3.05) is 44.2 Å². The van der Waals surface area contributed by atoms with Crippen molar-refractivity contribution >= 4 is 5.95 Å². The molecule has 0 N–H and O–H groups in total. The van der Waals surface area contributed by atoms with E-state index in [2.05, 4.69) is 29.7 Å². The smallest absolute Gasteiger partial charge is 0.232 e. The lowest BCUT2D eigenvalue weighted by molar-refractivity contribution is 0.195. The van der Waals surface area contributed by atoms with Gasteiger partial charge in [-0.1, -0.05) is 0 Å². The van der Waals surface area contributed by atoms with Crippen LogP contribution in [0.2, 0.25) is 0 Å². The van der Waals surface area contributed by atoms with E-state index in [1.54, 1.807) is 18.6 Å². The first-order valence-corrected chi connectivity index (χ1v) is 9.10. The van der Waals surface area contributed by atoms with E-state index in [0.29, 0.717) is 12.5 Å². The van der Waals surface area contributed by atoms with Crippen molar-refractivity contribution in [3.63, 3.8) is 0 Å². The van der Waals surface area contributed by atoms with Crippen LogP contribution in [0.25, 0.3) is 0 Å². The summed E-state index contributed by atoms with van der Waals surface area (Å²) in [6, 6.07) is 1.85. The molecule has 0 atom stereocenters. The maximum Gasteiger partial charge on any atom is 0.232 e. The fraction of sp³-hybridized carbons (Fsp3) is 0.556. The molecule has 0 radical (unpaired) electrons. The third kappa shape index (κ3) is 4.04. The average Bonchev–Trinajstić information content (AvgIpc) is 2.69. The topological polar surface area (TPSA) is 67.3 Å². The molecule has 0 unspecified atom stereocenters. The molecule has 1 aliphatic heterocycles. The predicted molar refractivity (Wildman–Crippen MR) is 94.9 cm³/mol. The highest BCUT2D eigenvalue weighted by Crippen LogP contribution is 2.19. The molecule has 1 fully saturated rings. The number of hydrogen-bond acceptors (Lipinski definition) is 7. The minimum atomic E-state index is 0.648. The van der Waals surface area contributed by atoms with Gasteiger partial charge in [0, 0.05) is 45.1 Å². The normalized spacial score (nSPS) is 18.0. The zero-order valence-corrected chi connectivity index (χ0v) is 14.5. The van der Waals surface area contributed by atoms with Gasteiger partial charge in [0.15, 0.2) is 0 Å². The van der Waals surface area contributed by atoms with E-state index in [1.165, 1.54) is 12.8 Å². The lowest BCUT2D eigenvalue weighted by atomic mass is 10.0. The Bertz CT molecular complexity index is 687. The van der Waals surface area contributed by atoms with Crippen LogP contribution in [0.1, 0.15) is 24.2 Å². The van der Waals surface area contributed by atoms with Crippen LogP contribution in [-0.4, -0.2) is 64.2 Å². The molecule has 2 aromatic rings. The molecular weight excluding hydrogens is 316 g/mol. The van der Waals surface area contributed by atoms with Gasteiger partial charge >= 0.3 is 0 Å². The van der Waals surface area contributed by atoms with Gasteiger partial charge in [-0.15, -0.1) is 0 Å². The van der Waals surface area contributed by atoms with Gasteiger partial charge in [-0.2, -0.15) is 0 Å². The minimum absolute atomic E-state index is 0.648. The van der Waals surface area contributed by atoms with Crippen LogP contribution in [-0.2, 0) is 12.8 Å². The van der Waals surface area contributed by atoms with Crippen LogP contribution >= 0.6 is 0 Å². The Morgan fingerprint density at radius 1 is 0.920 bits per heavy atom. The predicted octanol–water partition coefficient (Wildman–Crippen LogP) is 1.35. The molecule has 4 rings (SSSR count). The second kappa shape index (κ2) is 7.74. The summed E-state index contributed by atoms with van der Waals surface area (Å²) in [5.74, 6) is 1.49. The first-order chi connectivity index (χ1) is 12.4. The summed E-state index contributed by atoms with van der Waals surface area (Å²) in [7, 11) is 0. The van der Waals surface area contributed by atoms with Gasteiger partial charge in [0.25, 0.3) is 0 Å². The minimum Gasteiger partial charge on any atom is -0.475 e. The number of aryl methyl sites for hydroxylation is 2. The standard InChI is InChI=1S/C18H24N6O/c1-2-5-16-15(4-1)21-14-17(22-16)25-13-12-23-8-10-24(11-9-23)18-19-6-3-7-20-18/h3,6-7,14H,1-2,4-5,8-13H2. The SMILES string of the molecule is c1cnc(N2CCN(CCOc3cnc4c(n3)CCCC4)CC2)nc1. The summed E-state index contributed by atoms with van der Waals surface area (Å²) < 4.78 is 5.83. The molecule has 25 heavy (non-hydrogen) atoms. The molecule has 1 saturated heterocycles. The summed E-state index contributed by atoms with van der Waals surface area (Å²) >= 11 is 0. The largest absolute Gasteiger partial charge is 0.475 e. The van der Waals surface area contributed by atoms with E-state index in [4.69, 9.17) is 4.74 Å². The third-order valence-electron chi connectivity index (χ3n) is 4.85. The summed E-state index contributed by atoms with van der Waals surface area (Å²) in [5.41, 5.74) is 2.28. The molecule has 7 heteroatoms. The lowest BCUT2D eigenvalue weighted by Gasteiger charge is -2.34. The van der Waals surface area contributed by atoms with Crippen molar-refractivity contribution in [2.24, 2.45) is 0 Å². The highest BCUT2D eigenvalue weighted by Gasteiger charge is 2.18. The van der Waals surface area contributed by atoms with Gasteiger partial charge in [0.1, 0.15) is 6.61 Å². The Morgan fingerprint density at radius 2 is 1.68 bits per heavy atom. The molecule has 7 nitrogen and oxygen atoms in total. The lowest BCUT2D eigenvalue weighted by Crippen LogP contribution is -2.48. The van der Waals surface area contributed by atoms with Crippen LogP contribution in [0.4, 0.5) is 5.95 Å². The second-order valence-corrected chi connectivity index (χ2v) is 6.53. The summed E-state index contributed by atoms with van der Waals surface area (Å²) in [6.45, 7) is 5.44. The zero-order chi connectivity index (χ0) is 16.9. The van der Waals surface area contributed by atoms with Crippen LogP contribution < -0.4 is 9.64 Å². The van der Waals surface area contributed by atoms with E-state index in [0.717, 1.165) is 62.9 Å². The second-order valence-electron chi connectivity index (χ2n) is 6.53. The van der Waals surface area contributed by atoms with Crippen molar-refractivity contribution in [3.05, 3.63) is 36.0 Å². The molecule has 0 bridgehead atoms. The Balaban J connectivity index is 1.22. The van der Waals surface area contributed by atoms with Gasteiger partial charge < -0.3 is 9.64 Å². The van der Waals surface area contributed by atoms with E-state index < -0.39 is 0 Å². The van der Waals surface area contributed by atoms with Crippen LogP contribution in [0.3, 0.4) is 0 Å². The van der Waals surface area contributed by atoms with Crippen LogP contribution in [0, 0.1) is 0 Å². The fourth-order valence-corrected chi connectivity index (χ4v) is 3.40. The number of anilines is 1. The molecule has 132 valence electrons. The first-order valence-electron chi connectivity index (χ1n) is 9.10. The van der Waals surface area contributed by atoms with E-state index in [-0.39, 0.29) is 0 Å². The number of piperazine rings is 1. The van der Waals surface area contributed by atoms with Gasteiger partial charge in [-0.25, -0.2) is 15.0 Å². The Hall–Kier alpha value is -2.28. The summed E-state index contributed by atoms with van der Waals surface area (Å²) in [5, 5.41) is 0. The highest BCUT2D eigenvalue weighted by atomic mass is 16.5. The molecule has 2 aliphatic rings. The van der Waals surface area contributed by atoms with Gasteiger partial charge in [-0.05, 0) is 31.7 Å². The Morgan fingerprint density at radius 3 is 2.48 bits per heavy atom. The van der Waals surface area contributed by atoms with Gasteiger partial charge in [-0.3, -0.25) is 9.88 Å². The Labute approximate surface area is 148 Å². The number of fused-ring (bicyclic) bond motifs is 1. The fourth-order valence-electron chi connectivity index (χ4n) is 3.40. The highest BCUT2D eigenvalue weighted by molar-refractivity contribution is 5.29. The number of aromatic nitrogens is 4. The third-order valence-corrected chi connectivity index (χ3v) is 4.85. The van der Waals surface area contributed by atoms with Gasteiger partial charge in [0.2, 0.25) is 11.8 Å². The average molecular weight is 340 g/mol. The molecule has 2 aromatic heterocycles. The number of ether oxygens (including phenoxy) is 1. The zero-order valence-electron chi connectivity index (χ0n) is 14.5. The van der Waals surface area contributed by atoms with Crippen LogP contribution in [0.15, 0.2) is 24.7 Å². The molecule has 0 spiro atoms. The number of nitrogens with zero attached hydrogens (tertiary/aromatic N) is 6. The molecular formula is C18H24N6O. The monoisotopic (exact) mass is 340 g/mol. The van der Waals surface area contributed by atoms with E-state index >= 15 is 0 Å². The van der Waals surface area contributed by atoms with Crippen LogP contribution in [0.5, 0.6) is 5.88 Å². The van der Waals surface area contributed by atoms with Crippen molar-refractivity contribution in [1.29, 1.82) is 0 Å². The maximum atomic E-state index is 5.83. The van der Waals surface area contributed by atoms with E-state index in [1.807, 2.05) is 6.07 Å². The number of hydrogen-bond donors (Lipinski definition) is 0. The first kappa shape index (κ1) is 16.2. The van der Waals surface area contributed by atoms with Crippen molar-refractivity contribution < 1.29 is 4.74 Å². The quantitative estimate of drug-likeness (QED) is 0.814. The molecule has 0 amide bonds. The van der Waals surface area contributed by atoms with Crippen molar-refractivity contribution in [1.82, 2.24) is 24.8 Å². The summed E-state index contributed by atoms with van der Waals surface area (Å²) in [6.07, 6.45) is 9.88. The van der Waals surface area contributed by atoms with Gasteiger partial charge in [0.05, 0.1) is 17.6 Å². The van der Waals surface area contributed by atoms with Crippen molar-refractivity contribution in [2.45, 2.75) is 25.7 Å². The van der Waals surface area contributed by atoms with Crippen molar-refractivity contribution in [3.8, 4) is 5.88 Å². The molecule has 0 aromatic carbocycles. The molecule has 1 aliphatic carbocycles. The maximum absolute atomic E-state index is 5.83. The summed E-state index contributed by atoms with van der Waals surface area (Å²) in [4.78, 5) is 22.4. The number of rotatable bonds is 5.